The summed E-state index contributed by atoms with van der Waals surface area (Å²) in [6.45, 7) is 3.18. The Morgan fingerprint density at radius 2 is 2.00 bits per heavy atom. The summed E-state index contributed by atoms with van der Waals surface area (Å²) in [7, 11) is 0. The number of H-pyrrole nitrogens is 1. The number of nitrogens with one attached hydrogen (secondary N) is 2. The van der Waals surface area contributed by atoms with Gasteiger partial charge in [-0.25, -0.2) is 8.78 Å². The molecule has 1 heterocycles. The van der Waals surface area contributed by atoms with Crippen molar-refractivity contribution in [3.05, 3.63) is 46.7 Å². The van der Waals surface area contributed by atoms with Crippen molar-refractivity contribution in [2.75, 3.05) is 5.32 Å². The molecule has 1 aromatic heterocycles. The molecule has 94 valence electrons. The van der Waals surface area contributed by atoms with E-state index in [1.165, 1.54) is 19.2 Å². The fraction of sp³-hybridized carbons (Fsp3) is 0.167. The highest BCUT2D eigenvalue weighted by molar-refractivity contribution is 6.04. The molecule has 4 nitrogen and oxygen atoms in total. The average Bonchev–Trinajstić information content (AvgIpc) is 2.70. The van der Waals surface area contributed by atoms with Gasteiger partial charge in [-0.1, -0.05) is 6.07 Å². The quantitative estimate of drug-likeness (QED) is 0.861. The molecule has 0 aliphatic rings. The van der Waals surface area contributed by atoms with Crippen LogP contribution >= 0.6 is 0 Å². The van der Waals surface area contributed by atoms with Crippen LogP contribution in [0.4, 0.5) is 14.6 Å². The van der Waals surface area contributed by atoms with Crippen molar-refractivity contribution >= 4 is 11.7 Å². The normalized spacial score (nSPS) is 10.4. The van der Waals surface area contributed by atoms with Gasteiger partial charge in [0.15, 0.2) is 0 Å². The number of amides is 1. The fourth-order valence-electron chi connectivity index (χ4n) is 1.51. The van der Waals surface area contributed by atoms with E-state index in [1.54, 1.807) is 6.92 Å². The van der Waals surface area contributed by atoms with Crippen molar-refractivity contribution in [3.63, 3.8) is 0 Å². The number of carbonyl (C=O) groups excluding carboxylic acids is 1. The molecule has 0 spiro atoms. The molecule has 2 aromatic rings. The van der Waals surface area contributed by atoms with Crippen molar-refractivity contribution in [2.45, 2.75) is 13.8 Å². The van der Waals surface area contributed by atoms with Crippen LogP contribution in [0, 0.1) is 25.5 Å². The van der Waals surface area contributed by atoms with E-state index in [9.17, 15) is 13.6 Å². The maximum Gasteiger partial charge on any atom is 0.262 e. The summed E-state index contributed by atoms with van der Waals surface area (Å²) >= 11 is 0. The van der Waals surface area contributed by atoms with E-state index >= 15 is 0 Å². The van der Waals surface area contributed by atoms with Crippen LogP contribution in [0.3, 0.4) is 0 Å². The lowest BCUT2D eigenvalue weighted by Gasteiger charge is -2.07. The van der Waals surface area contributed by atoms with E-state index in [0.717, 1.165) is 6.07 Å². The molecule has 0 saturated carbocycles. The van der Waals surface area contributed by atoms with E-state index in [1.807, 2.05) is 0 Å². The van der Waals surface area contributed by atoms with Gasteiger partial charge < -0.3 is 5.32 Å². The number of nitrogens with zero attached hydrogens (tertiary/aromatic N) is 1. The topological polar surface area (TPSA) is 57.8 Å². The van der Waals surface area contributed by atoms with E-state index in [2.05, 4.69) is 15.5 Å². The number of aromatic amines is 1. The second kappa shape index (κ2) is 4.56. The maximum atomic E-state index is 13.7. The summed E-state index contributed by atoms with van der Waals surface area (Å²) in [4.78, 5) is 11.8. The third kappa shape index (κ3) is 2.09. The summed E-state index contributed by atoms with van der Waals surface area (Å²) in [5.41, 5.74) is 0.295. The van der Waals surface area contributed by atoms with Gasteiger partial charge in [0.25, 0.3) is 5.91 Å². The molecule has 18 heavy (non-hydrogen) atoms. The molecule has 2 rings (SSSR count). The van der Waals surface area contributed by atoms with Crippen LogP contribution in [0.2, 0.25) is 0 Å². The van der Waals surface area contributed by atoms with Crippen LogP contribution in [0.5, 0.6) is 0 Å². The maximum absolute atomic E-state index is 13.7. The van der Waals surface area contributed by atoms with E-state index in [0.29, 0.717) is 11.4 Å². The van der Waals surface area contributed by atoms with Crippen LogP contribution in [0.15, 0.2) is 18.3 Å². The molecule has 0 unspecified atom stereocenters. The molecule has 2 N–H and O–H groups in total. The minimum absolute atomic E-state index is 0.211. The number of hydrogen-bond acceptors (Lipinski definition) is 2. The monoisotopic (exact) mass is 251 g/mol. The van der Waals surface area contributed by atoms with Gasteiger partial charge in [-0.15, -0.1) is 0 Å². The Bertz CT molecular complexity index is 607. The molecule has 1 amide bonds. The van der Waals surface area contributed by atoms with Crippen molar-refractivity contribution < 1.29 is 13.6 Å². The van der Waals surface area contributed by atoms with Gasteiger partial charge in [0, 0.05) is 5.56 Å². The standard InChI is InChI=1S/C12H11F2N3O/c1-6-3-4-8(13)9(10(6)14)12(18)16-11-7(2)5-15-17-11/h3-5H,1-2H3,(H2,15,16,17,18). The lowest BCUT2D eigenvalue weighted by molar-refractivity contribution is 0.101. The predicted octanol–water partition coefficient (Wildman–Crippen LogP) is 2.56. The molecular formula is C12H11F2N3O. The minimum Gasteiger partial charge on any atom is -0.307 e. The molecule has 1 aromatic carbocycles. The number of hydrogen-bond donors (Lipinski definition) is 2. The summed E-state index contributed by atoms with van der Waals surface area (Å²) in [6, 6.07) is 2.34. The third-order valence-corrected chi connectivity index (χ3v) is 2.58. The molecule has 0 aliphatic carbocycles. The second-order valence-electron chi connectivity index (χ2n) is 3.94. The summed E-state index contributed by atoms with van der Waals surface area (Å²) < 4.78 is 27.2. The zero-order valence-electron chi connectivity index (χ0n) is 9.84. The number of benzene rings is 1. The number of rotatable bonds is 2. The highest BCUT2D eigenvalue weighted by Gasteiger charge is 2.20. The zero-order valence-corrected chi connectivity index (χ0v) is 9.84. The molecule has 0 aliphatic heterocycles. The molecule has 0 bridgehead atoms. The van der Waals surface area contributed by atoms with Crippen LogP contribution in [-0.4, -0.2) is 16.1 Å². The zero-order chi connectivity index (χ0) is 13.3. The number of aryl methyl sites for hydroxylation is 2. The highest BCUT2D eigenvalue weighted by atomic mass is 19.1. The molecule has 0 fully saturated rings. The molecular weight excluding hydrogens is 240 g/mol. The lowest BCUT2D eigenvalue weighted by atomic mass is 10.1. The van der Waals surface area contributed by atoms with Crippen LogP contribution in [-0.2, 0) is 0 Å². The smallest absolute Gasteiger partial charge is 0.262 e. The van der Waals surface area contributed by atoms with Crippen molar-refractivity contribution in [1.82, 2.24) is 10.2 Å². The molecule has 0 radical (unpaired) electrons. The largest absolute Gasteiger partial charge is 0.307 e. The van der Waals surface area contributed by atoms with Gasteiger partial charge in [0.1, 0.15) is 23.0 Å². The lowest BCUT2D eigenvalue weighted by Crippen LogP contribution is -2.17. The summed E-state index contributed by atoms with van der Waals surface area (Å²) in [6.07, 6.45) is 1.50. The fourth-order valence-corrected chi connectivity index (χ4v) is 1.51. The van der Waals surface area contributed by atoms with Gasteiger partial charge in [0.2, 0.25) is 0 Å². The van der Waals surface area contributed by atoms with Crippen LogP contribution in [0.1, 0.15) is 21.5 Å². The van der Waals surface area contributed by atoms with Gasteiger partial charge in [-0.05, 0) is 25.5 Å². The Labute approximate surface area is 102 Å². The summed E-state index contributed by atoms with van der Waals surface area (Å²) in [5, 5.41) is 8.61. The first kappa shape index (κ1) is 12.2. The predicted molar refractivity (Wildman–Crippen MR) is 62.4 cm³/mol. The SMILES string of the molecule is Cc1cn[nH]c1NC(=O)c1c(F)ccc(C)c1F. The van der Waals surface area contributed by atoms with Crippen LogP contribution < -0.4 is 5.32 Å². The van der Waals surface area contributed by atoms with Gasteiger partial charge in [-0.2, -0.15) is 5.10 Å². The van der Waals surface area contributed by atoms with Gasteiger partial charge in [-0.3, -0.25) is 9.89 Å². The van der Waals surface area contributed by atoms with Crippen molar-refractivity contribution in [1.29, 1.82) is 0 Å². The first-order valence-corrected chi connectivity index (χ1v) is 5.26. The minimum atomic E-state index is -0.896. The Balaban J connectivity index is 2.35. The van der Waals surface area contributed by atoms with Gasteiger partial charge >= 0.3 is 0 Å². The Hall–Kier alpha value is -2.24. The highest BCUT2D eigenvalue weighted by Crippen LogP contribution is 2.18. The molecule has 0 atom stereocenters. The van der Waals surface area contributed by atoms with Crippen molar-refractivity contribution in [3.8, 4) is 0 Å². The number of carbonyl (C=O) groups is 1. The number of anilines is 1. The Morgan fingerprint density at radius 1 is 1.28 bits per heavy atom. The third-order valence-electron chi connectivity index (χ3n) is 2.58. The molecule has 0 saturated heterocycles. The van der Waals surface area contributed by atoms with Gasteiger partial charge in [0.05, 0.1) is 6.20 Å². The van der Waals surface area contributed by atoms with E-state index in [4.69, 9.17) is 0 Å². The average molecular weight is 251 g/mol. The first-order valence-electron chi connectivity index (χ1n) is 5.26. The van der Waals surface area contributed by atoms with E-state index < -0.39 is 23.1 Å². The molecule has 6 heteroatoms. The second-order valence-corrected chi connectivity index (χ2v) is 3.94. The Morgan fingerprint density at radius 3 is 2.61 bits per heavy atom. The Kier molecular flexibility index (Phi) is 3.10. The van der Waals surface area contributed by atoms with E-state index in [-0.39, 0.29) is 5.56 Å². The first-order chi connectivity index (χ1) is 8.50. The number of aromatic nitrogens is 2. The van der Waals surface area contributed by atoms with Crippen LogP contribution in [0.25, 0.3) is 0 Å². The van der Waals surface area contributed by atoms with Crippen molar-refractivity contribution in [2.24, 2.45) is 0 Å². The number of halogens is 2. The summed E-state index contributed by atoms with van der Waals surface area (Å²) in [5.74, 6) is -2.28.